The third kappa shape index (κ3) is 2.58. The van der Waals surface area contributed by atoms with Crippen LogP contribution in [-0.4, -0.2) is 54.2 Å². The zero-order chi connectivity index (χ0) is 17.6. The smallest absolute Gasteiger partial charge is 0.275 e. The SMILES string of the molecule is CC(C)n1cc([C@]2(O)CCN(C(=O)c3n[nH]c4ccccc34)C2)nn1. The fraction of sp³-hybridized carbons (Fsp3) is 0.412. The van der Waals surface area contributed by atoms with E-state index in [1.165, 1.54) is 0 Å². The maximum Gasteiger partial charge on any atom is 0.275 e. The van der Waals surface area contributed by atoms with Crippen molar-refractivity contribution >= 4 is 16.8 Å². The molecular formula is C17H20N6O2. The van der Waals surface area contributed by atoms with E-state index in [4.69, 9.17) is 0 Å². The van der Waals surface area contributed by atoms with E-state index in [0.29, 0.717) is 24.4 Å². The van der Waals surface area contributed by atoms with E-state index in [1.807, 2.05) is 38.1 Å². The molecule has 0 radical (unpaired) electrons. The van der Waals surface area contributed by atoms with Gasteiger partial charge >= 0.3 is 0 Å². The molecular weight excluding hydrogens is 320 g/mol. The van der Waals surface area contributed by atoms with Crippen LogP contribution in [0.1, 0.15) is 42.5 Å². The predicted molar refractivity (Wildman–Crippen MR) is 90.9 cm³/mol. The Morgan fingerprint density at radius 1 is 1.36 bits per heavy atom. The summed E-state index contributed by atoms with van der Waals surface area (Å²) in [6.07, 6.45) is 2.18. The Kier molecular flexibility index (Phi) is 3.57. The first-order chi connectivity index (χ1) is 12.0. The Morgan fingerprint density at radius 2 is 2.16 bits per heavy atom. The molecule has 0 aliphatic carbocycles. The van der Waals surface area contributed by atoms with Gasteiger partial charge in [-0.2, -0.15) is 5.10 Å². The minimum Gasteiger partial charge on any atom is -0.381 e. The van der Waals surface area contributed by atoms with Crippen LogP contribution in [0.5, 0.6) is 0 Å². The lowest BCUT2D eigenvalue weighted by Gasteiger charge is -2.20. The molecule has 1 amide bonds. The third-order valence-corrected chi connectivity index (χ3v) is 4.72. The first kappa shape index (κ1) is 15.8. The number of amides is 1. The number of nitrogens with one attached hydrogen (secondary N) is 1. The van der Waals surface area contributed by atoms with Gasteiger partial charge in [-0.25, -0.2) is 4.68 Å². The van der Waals surface area contributed by atoms with Crippen LogP contribution in [-0.2, 0) is 5.60 Å². The maximum atomic E-state index is 12.8. The summed E-state index contributed by atoms with van der Waals surface area (Å²) in [5.74, 6) is -0.190. The topological polar surface area (TPSA) is 99.9 Å². The summed E-state index contributed by atoms with van der Waals surface area (Å²) in [6.45, 7) is 4.63. The zero-order valence-electron chi connectivity index (χ0n) is 14.2. The summed E-state index contributed by atoms with van der Waals surface area (Å²) in [4.78, 5) is 14.5. The largest absolute Gasteiger partial charge is 0.381 e. The highest BCUT2D eigenvalue weighted by molar-refractivity contribution is 6.04. The number of carbonyl (C=O) groups is 1. The van der Waals surface area contributed by atoms with Crippen molar-refractivity contribution in [3.05, 3.63) is 41.9 Å². The molecule has 0 unspecified atom stereocenters. The number of para-hydroxylation sites is 1. The van der Waals surface area contributed by atoms with Crippen LogP contribution in [0.4, 0.5) is 0 Å². The van der Waals surface area contributed by atoms with Crippen LogP contribution in [0, 0.1) is 0 Å². The summed E-state index contributed by atoms with van der Waals surface area (Å²) in [7, 11) is 0. The summed E-state index contributed by atoms with van der Waals surface area (Å²) in [5, 5.41) is 26.9. The molecule has 2 N–H and O–H groups in total. The Labute approximate surface area is 144 Å². The number of aliphatic hydroxyl groups is 1. The van der Waals surface area contributed by atoms with Crippen LogP contribution in [0.3, 0.4) is 0 Å². The normalized spacial score (nSPS) is 20.7. The number of benzene rings is 1. The summed E-state index contributed by atoms with van der Waals surface area (Å²) < 4.78 is 1.71. The molecule has 8 heteroatoms. The van der Waals surface area contributed by atoms with Crippen LogP contribution < -0.4 is 0 Å². The van der Waals surface area contributed by atoms with E-state index >= 15 is 0 Å². The van der Waals surface area contributed by atoms with E-state index in [0.717, 1.165) is 10.9 Å². The Morgan fingerprint density at radius 3 is 2.92 bits per heavy atom. The molecule has 1 saturated heterocycles. The average molecular weight is 340 g/mol. The summed E-state index contributed by atoms with van der Waals surface area (Å²) >= 11 is 0. The van der Waals surface area contributed by atoms with Crippen LogP contribution in [0.15, 0.2) is 30.5 Å². The van der Waals surface area contributed by atoms with Crippen molar-refractivity contribution in [1.29, 1.82) is 0 Å². The van der Waals surface area contributed by atoms with Gasteiger partial charge in [0.15, 0.2) is 5.69 Å². The molecule has 1 fully saturated rings. The van der Waals surface area contributed by atoms with Crippen molar-refractivity contribution in [2.75, 3.05) is 13.1 Å². The fourth-order valence-electron chi connectivity index (χ4n) is 3.19. The number of H-pyrrole nitrogens is 1. The highest BCUT2D eigenvalue weighted by atomic mass is 16.3. The molecule has 1 aromatic carbocycles. The Bertz CT molecular complexity index is 930. The average Bonchev–Trinajstić information content (AvgIpc) is 3.32. The van der Waals surface area contributed by atoms with Crippen molar-refractivity contribution in [3.8, 4) is 0 Å². The molecule has 8 nitrogen and oxygen atoms in total. The molecule has 4 rings (SSSR count). The van der Waals surface area contributed by atoms with Gasteiger partial charge in [-0.15, -0.1) is 5.10 Å². The van der Waals surface area contributed by atoms with Crippen molar-refractivity contribution in [3.63, 3.8) is 0 Å². The number of β-amino-alcohol motifs (C(OH)–C–C–N with tert-alkyl or cyclic N) is 1. The molecule has 2 aromatic heterocycles. The number of likely N-dealkylation sites (tertiary alicyclic amines) is 1. The molecule has 130 valence electrons. The number of hydrogen-bond acceptors (Lipinski definition) is 5. The van der Waals surface area contributed by atoms with Crippen LogP contribution >= 0.6 is 0 Å². The van der Waals surface area contributed by atoms with Crippen molar-refractivity contribution < 1.29 is 9.90 Å². The molecule has 1 aliphatic heterocycles. The lowest BCUT2D eigenvalue weighted by molar-refractivity contribution is 0.0380. The number of aromatic nitrogens is 5. The van der Waals surface area contributed by atoms with E-state index in [9.17, 15) is 9.90 Å². The summed E-state index contributed by atoms with van der Waals surface area (Å²) in [5.41, 5.74) is 0.531. The second kappa shape index (κ2) is 5.66. The number of fused-ring (bicyclic) bond motifs is 1. The number of rotatable bonds is 3. The number of aromatic amines is 1. The van der Waals surface area contributed by atoms with E-state index in [-0.39, 0.29) is 18.5 Å². The van der Waals surface area contributed by atoms with E-state index in [1.54, 1.807) is 15.8 Å². The van der Waals surface area contributed by atoms with Gasteiger partial charge in [-0.1, -0.05) is 23.4 Å². The molecule has 0 spiro atoms. The molecule has 1 aliphatic rings. The highest BCUT2D eigenvalue weighted by Gasteiger charge is 2.42. The van der Waals surface area contributed by atoms with E-state index in [2.05, 4.69) is 20.5 Å². The van der Waals surface area contributed by atoms with Crippen LogP contribution in [0.2, 0.25) is 0 Å². The molecule has 0 bridgehead atoms. The molecule has 25 heavy (non-hydrogen) atoms. The van der Waals surface area contributed by atoms with Gasteiger partial charge in [0, 0.05) is 24.4 Å². The van der Waals surface area contributed by atoms with Gasteiger partial charge in [0.05, 0.1) is 18.3 Å². The minimum absolute atomic E-state index is 0.166. The van der Waals surface area contributed by atoms with Crippen molar-refractivity contribution in [2.24, 2.45) is 0 Å². The van der Waals surface area contributed by atoms with Crippen molar-refractivity contribution in [1.82, 2.24) is 30.1 Å². The number of carbonyl (C=O) groups excluding carboxylic acids is 1. The summed E-state index contributed by atoms with van der Waals surface area (Å²) in [6, 6.07) is 7.67. The Balaban J connectivity index is 1.58. The monoisotopic (exact) mass is 340 g/mol. The van der Waals surface area contributed by atoms with Gasteiger partial charge in [0.2, 0.25) is 0 Å². The zero-order valence-corrected chi connectivity index (χ0v) is 14.2. The van der Waals surface area contributed by atoms with Gasteiger partial charge in [0.25, 0.3) is 5.91 Å². The highest BCUT2D eigenvalue weighted by Crippen LogP contribution is 2.32. The minimum atomic E-state index is -1.17. The maximum absolute atomic E-state index is 12.8. The molecule has 3 heterocycles. The standard InChI is InChI=1S/C17H20N6O2/c1-11(2)23-9-14(19-21-23)17(25)7-8-22(10-17)16(24)15-12-5-3-4-6-13(12)18-20-15/h3-6,9,11,25H,7-8,10H2,1-2H3,(H,18,20)/t17-/m0/s1. The van der Waals surface area contributed by atoms with Gasteiger partial charge in [-0.3, -0.25) is 9.89 Å². The second-order valence-corrected chi connectivity index (χ2v) is 6.80. The van der Waals surface area contributed by atoms with Gasteiger partial charge in [0.1, 0.15) is 11.3 Å². The first-order valence-corrected chi connectivity index (χ1v) is 8.35. The predicted octanol–water partition coefficient (Wildman–Crippen LogP) is 1.47. The molecule has 0 saturated carbocycles. The lowest BCUT2D eigenvalue weighted by Crippen LogP contribution is -2.35. The number of hydrogen-bond donors (Lipinski definition) is 2. The molecule has 1 atom stereocenters. The fourth-order valence-corrected chi connectivity index (χ4v) is 3.19. The second-order valence-electron chi connectivity index (χ2n) is 6.80. The molecule has 3 aromatic rings. The van der Waals surface area contributed by atoms with Crippen molar-refractivity contribution in [2.45, 2.75) is 31.9 Å². The third-order valence-electron chi connectivity index (χ3n) is 4.72. The Hall–Kier alpha value is -2.74. The quantitative estimate of drug-likeness (QED) is 0.752. The number of nitrogens with zero attached hydrogens (tertiary/aromatic N) is 5. The van der Waals surface area contributed by atoms with Crippen LogP contribution in [0.25, 0.3) is 10.9 Å². The van der Waals surface area contributed by atoms with E-state index < -0.39 is 5.60 Å². The lowest BCUT2D eigenvalue weighted by atomic mass is 10.00. The van der Waals surface area contributed by atoms with Gasteiger partial charge in [-0.05, 0) is 19.9 Å². The first-order valence-electron chi connectivity index (χ1n) is 8.35. The van der Waals surface area contributed by atoms with Gasteiger partial charge < -0.3 is 10.0 Å².